The maximum atomic E-state index is 13.8. The van der Waals surface area contributed by atoms with Crippen LogP contribution in [-0.4, -0.2) is 48.2 Å². The average molecular weight is 299 g/mol. The molecule has 1 atom stereocenters. The van der Waals surface area contributed by atoms with Crippen molar-refractivity contribution in [2.45, 2.75) is 24.6 Å². The zero-order valence-corrected chi connectivity index (χ0v) is 9.92. The number of rotatable bonds is 3. The van der Waals surface area contributed by atoms with E-state index >= 15 is 0 Å². The first-order chi connectivity index (χ1) is 9.01. The topological polar surface area (TPSA) is 88.0 Å². The van der Waals surface area contributed by atoms with Gasteiger partial charge in [-0.05, 0) is 6.72 Å². The number of halogens is 5. The zero-order chi connectivity index (χ0) is 15.7. The molecule has 112 valence electrons. The number of carboxylic acids is 1. The molecule has 5 nitrogen and oxygen atoms in total. The van der Waals surface area contributed by atoms with Crippen LogP contribution in [0.2, 0.25) is 0 Å². The zero-order valence-electron chi connectivity index (χ0n) is 9.92. The Labute approximate surface area is 109 Å². The molecule has 1 rings (SSSR count). The van der Waals surface area contributed by atoms with Gasteiger partial charge in [-0.15, -0.1) is 0 Å². The van der Waals surface area contributed by atoms with Crippen LogP contribution < -0.4 is 5.73 Å². The van der Waals surface area contributed by atoms with Crippen molar-refractivity contribution >= 4 is 18.4 Å². The first-order valence-electron chi connectivity index (χ1n) is 5.18. The lowest BCUT2D eigenvalue weighted by Gasteiger charge is -2.15. The Kier molecular flexibility index (Phi) is 4.15. The summed E-state index contributed by atoms with van der Waals surface area (Å²) in [6.45, 7) is 1.78. The second kappa shape index (κ2) is 5.17. The number of nitrogens with two attached hydrogens (primary N) is 1. The summed E-state index contributed by atoms with van der Waals surface area (Å²) in [5, 5.41) is 8.39. The lowest BCUT2D eigenvalue weighted by atomic mass is 10.1. The van der Waals surface area contributed by atoms with Gasteiger partial charge in [-0.1, -0.05) is 0 Å². The van der Waals surface area contributed by atoms with E-state index in [1.54, 1.807) is 0 Å². The first kappa shape index (κ1) is 16.1. The second-order valence-corrected chi connectivity index (χ2v) is 3.97. The van der Waals surface area contributed by atoms with Gasteiger partial charge in [0.2, 0.25) is 0 Å². The number of alkyl halides is 5. The molecule has 20 heavy (non-hydrogen) atoms. The smallest absolute Gasteiger partial charge is 0.431 e. The number of aliphatic carboxylic acids is 1. The van der Waals surface area contributed by atoms with E-state index in [2.05, 4.69) is 16.7 Å². The van der Waals surface area contributed by atoms with Crippen LogP contribution >= 0.6 is 0 Å². The number of hydrogen-bond acceptors (Lipinski definition) is 4. The molecule has 10 heteroatoms. The predicted molar refractivity (Wildman–Crippen MR) is 60.1 cm³/mol. The summed E-state index contributed by atoms with van der Waals surface area (Å²) in [6, 6.07) is -1.86. The highest BCUT2D eigenvalue weighted by Crippen LogP contribution is 2.41. The number of aliphatic imine (C=N–C) groups is 2. The van der Waals surface area contributed by atoms with Crippen LogP contribution in [0.4, 0.5) is 22.0 Å². The molecule has 0 aromatic heterocycles. The van der Waals surface area contributed by atoms with Crippen LogP contribution in [-0.2, 0) is 4.79 Å². The van der Waals surface area contributed by atoms with Gasteiger partial charge < -0.3 is 10.8 Å². The van der Waals surface area contributed by atoms with E-state index in [1.165, 1.54) is 0 Å². The van der Waals surface area contributed by atoms with Gasteiger partial charge in [-0.25, -0.2) is 0 Å². The Balaban J connectivity index is 3.40. The van der Waals surface area contributed by atoms with Gasteiger partial charge in [0, 0.05) is 12.0 Å². The molecular weight excluding hydrogens is 289 g/mol. The van der Waals surface area contributed by atoms with Crippen LogP contribution in [0.15, 0.2) is 21.3 Å². The lowest BCUT2D eigenvalue weighted by molar-refractivity contribution is -0.135. The third kappa shape index (κ3) is 2.94. The van der Waals surface area contributed by atoms with Gasteiger partial charge in [0.25, 0.3) is 0 Å². The van der Waals surface area contributed by atoms with Crippen molar-refractivity contribution in [1.29, 1.82) is 0 Å². The molecule has 1 aliphatic rings. The van der Waals surface area contributed by atoms with E-state index < -0.39 is 54.1 Å². The highest BCUT2D eigenvalue weighted by molar-refractivity contribution is 6.09. The third-order valence-corrected chi connectivity index (χ3v) is 2.64. The molecule has 1 saturated carbocycles. The van der Waals surface area contributed by atoms with Crippen molar-refractivity contribution in [3.05, 3.63) is 11.3 Å². The van der Waals surface area contributed by atoms with E-state index in [1.807, 2.05) is 0 Å². The van der Waals surface area contributed by atoms with Crippen LogP contribution in [0, 0.1) is 0 Å². The molecule has 0 spiro atoms. The molecule has 1 fully saturated rings. The maximum Gasteiger partial charge on any atom is 0.431 e. The van der Waals surface area contributed by atoms with Crippen molar-refractivity contribution in [3.63, 3.8) is 0 Å². The quantitative estimate of drug-likeness (QED) is 0.610. The molecule has 0 bridgehead atoms. The van der Waals surface area contributed by atoms with Crippen LogP contribution in [0.3, 0.4) is 0 Å². The minimum atomic E-state index is -5.02. The van der Waals surface area contributed by atoms with Crippen LogP contribution in [0.5, 0.6) is 0 Å². The summed E-state index contributed by atoms with van der Waals surface area (Å²) in [7, 11) is 0. The Morgan fingerprint density at radius 2 is 2.05 bits per heavy atom. The average Bonchev–Trinajstić information content (AvgIpc) is 2.55. The van der Waals surface area contributed by atoms with E-state index in [9.17, 15) is 26.7 Å². The molecule has 0 amide bonds. The van der Waals surface area contributed by atoms with Crippen molar-refractivity contribution < 1.29 is 31.9 Å². The van der Waals surface area contributed by atoms with Crippen molar-refractivity contribution in [1.82, 2.24) is 0 Å². The molecule has 0 radical (unpaired) electrons. The Morgan fingerprint density at radius 3 is 2.45 bits per heavy atom. The van der Waals surface area contributed by atoms with Gasteiger partial charge in [0.1, 0.15) is 24.0 Å². The van der Waals surface area contributed by atoms with E-state index in [4.69, 9.17) is 10.8 Å². The van der Waals surface area contributed by atoms with Gasteiger partial charge in [0.15, 0.2) is 0 Å². The van der Waals surface area contributed by atoms with Gasteiger partial charge in [0.05, 0.1) is 0 Å². The maximum absolute atomic E-state index is 13.8. The predicted octanol–water partition coefficient (Wildman–Crippen LogP) is 1.40. The Bertz CT molecular complexity index is 496. The van der Waals surface area contributed by atoms with Crippen molar-refractivity contribution in [2.75, 3.05) is 6.54 Å². The second-order valence-electron chi connectivity index (χ2n) is 3.97. The fourth-order valence-electron chi connectivity index (χ4n) is 1.71. The van der Waals surface area contributed by atoms with Crippen molar-refractivity contribution in [3.8, 4) is 0 Å². The van der Waals surface area contributed by atoms with E-state index in [0.29, 0.717) is 0 Å². The number of hydrogen-bond donors (Lipinski definition) is 2. The third-order valence-electron chi connectivity index (χ3n) is 2.64. The monoisotopic (exact) mass is 299 g/mol. The molecule has 3 N–H and O–H groups in total. The molecule has 0 heterocycles. The molecule has 0 unspecified atom stereocenters. The van der Waals surface area contributed by atoms with Gasteiger partial charge >= 0.3 is 18.1 Å². The molecule has 1 aliphatic carbocycles. The summed E-state index contributed by atoms with van der Waals surface area (Å²) in [5.41, 5.74) is 0.850. The Morgan fingerprint density at radius 1 is 1.50 bits per heavy atom. The van der Waals surface area contributed by atoms with Crippen LogP contribution in [0.25, 0.3) is 0 Å². The van der Waals surface area contributed by atoms with Gasteiger partial charge in [-0.2, -0.15) is 22.0 Å². The highest BCUT2D eigenvalue weighted by Gasteiger charge is 2.55. The van der Waals surface area contributed by atoms with Crippen molar-refractivity contribution in [2.24, 2.45) is 15.7 Å². The minimum absolute atomic E-state index is 0.805. The summed E-state index contributed by atoms with van der Waals surface area (Å²) in [6.07, 6.45) is -5.83. The number of nitrogens with zero attached hydrogens (tertiary/aromatic N) is 2. The highest BCUT2D eigenvalue weighted by atomic mass is 19.4. The summed E-state index contributed by atoms with van der Waals surface area (Å²) in [4.78, 5) is 16.4. The normalized spacial score (nSPS) is 26.6. The number of allylic oxidation sites excluding steroid dienone is 1. The minimum Gasteiger partial charge on any atom is -0.480 e. The van der Waals surface area contributed by atoms with E-state index in [-0.39, 0.29) is 0 Å². The summed E-state index contributed by atoms with van der Waals surface area (Å²) >= 11 is 0. The molecular formula is C10H10F5N3O2. The lowest BCUT2D eigenvalue weighted by Crippen LogP contribution is -2.34. The number of carboxylic acid groups (broad SMARTS) is 1. The fraction of sp³-hybridized carbons (Fsp3) is 0.500. The molecule has 0 aromatic carbocycles. The molecule has 0 aliphatic heterocycles. The van der Waals surface area contributed by atoms with Crippen LogP contribution in [0.1, 0.15) is 6.42 Å². The summed E-state index contributed by atoms with van der Waals surface area (Å²) in [5.74, 6) is -5.41. The van der Waals surface area contributed by atoms with E-state index in [0.717, 1.165) is 0 Å². The van der Waals surface area contributed by atoms with Gasteiger partial charge in [-0.3, -0.25) is 14.8 Å². The Hall–Kier alpha value is -2.00. The summed E-state index contributed by atoms with van der Waals surface area (Å²) < 4.78 is 65.1. The molecule has 0 saturated heterocycles. The molecule has 0 aromatic rings. The number of carbonyl (C=O) groups is 1. The standard InChI is InChI=1S/C10H10F5N3O2/c1-17-5-2-4(7(16)10(13,14)15)8(9(5,11)12)18-3-6(19)20/h5H,1-3,16H2,(H,19,20)/t5-/m0/s1. The largest absolute Gasteiger partial charge is 0.480 e. The fourth-order valence-corrected chi connectivity index (χ4v) is 1.71. The SMILES string of the molecule is C=N[C@H]1CC(=C(N)C(F)(F)F)C(=NCC(=O)O)C1(F)F. The first-order valence-corrected chi connectivity index (χ1v) is 5.18.